The number of benzene rings is 1. The van der Waals surface area contributed by atoms with Crippen LogP contribution in [0.15, 0.2) is 45.5 Å². The Bertz CT molecular complexity index is 969. The van der Waals surface area contributed by atoms with E-state index in [2.05, 4.69) is 17.1 Å². The van der Waals surface area contributed by atoms with Gasteiger partial charge in [0.15, 0.2) is 0 Å². The third-order valence-corrected chi connectivity index (χ3v) is 8.18. The summed E-state index contributed by atoms with van der Waals surface area (Å²) in [5.41, 5.74) is 0.0790. The highest BCUT2D eigenvalue weighted by Crippen LogP contribution is 2.38. The van der Waals surface area contributed by atoms with E-state index in [4.69, 9.17) is 0 Å². The predicted octanol–water partition coefficient (Wildman–Crippen LogP) is 4.61. The molecule has 166 valence electrons. The second-order valence-electron chi connectivity index (χ2n) is 7.78. The Labute approximate surface area is 186 Å². The number of para-hydroxylation sites is 1. The fourth-order valence-electron chi connectivity index (χ4n) is 4.23. The highest BCUT2D eigenvalue weighted by Gasteiger charge is 2.41. The molecule has 2 N–H and O–H groups in total. The van der Waals surface area contributed by atoms with Crippen LogP contribution in [0.4, 0.5) is 18.9 Å². The van der Waals surface area contributed by atoms with Crippen LogP contribution < -0.4 is 10.6 Å². The summed E-state index contributed by atoms with van der Waals surface area (Å²) >= 11 is 2.49. The first-order valence-corrected chi connectivity index (χ1v) is 11.7. The minimum Gasteiger partial charge on any atom is -0.347 e. The van der Waals surface area contributed by atoms with Crippen molar-refractivity contribution in [2.24, 2.45) is 5.92 Å². The van der Waals surface area contributed by atoms with Crippen LogP contribution in [0.25, 0.3) is 0 Å². The number of rotatable bonds is 5. The van der Waals surface area contributed by atoms with Gasteiger partial charge in [0.2, 0.25) is 0 Å². The number of nitrogens with zero attached hydrogens (tertiary/aromatic N) is 1. The van der Waals surface area contributed by atoms with Crippen molar-refractivity contribution in [1.82, 2.24) is 10.2 Å². The topological polar surface area (TPSA) is 61.4 Å². The van der Waals surface area contributed by atoms with Crippen molar-refractivity contribution in [3.8, 4) is 0 Å². The lowest BCUT2D eigenvalue weighted by molar-refractivity contribution is -0.167. The van der Waals surface area contributed by atoms with Crippen molar-refractivity contribution in [3.05, 3.63) is 41.3 Å². The maximum Gasteiger partial charge on any atom is 0.471 e. The molecule has 3 aliphatic rings. The average Bonchev–Trinajstić information content (AvgIpc) is 3.20. The highest BCUT2D eigenvalue weighted by molar-refractivity contribution is 8.01. The second-order valence-corrected chi connectivity index (χ2v) is 10.2. The number of carbonyl (C=O) groups is 2. The Morgan fingerprint density at radius 1 is 1.13 bits per heavy atom. The van der Waals surface area contributed by atoms with E-state index in [-0.39, 0.29) is 17.6 Å². The summed E-state index contributed by atoms with van der Waals surface area (Å²) in [4.78, 5) is 27.6. The number of hydrogen-bond acceptors (Lipinski definition) is 5. The quantitative estimate of drug-likeness (QED) is 0.671. The summed E-state index contributed by atoms with van der Waals surface area (Å²) in [6, 6.07) is 10.2. The van der Waals surface area contributed by atoms with Crippen molar-refractivity contribution in [1.29, 1.82) is 0 Å². The van der Waals surface area contributed by atoms with Crippen molar-refractivity contribution < 1.29 is 22.8 Å². The van der Waals surface area contributed by atoms with Crippen molar-refractivity contribution in [3.63, 3.8) is 0 Å². The summed E-state index contributed by atoms with van der Waals surface area (Å²) < 4.78 is 38.5. The third kappa shape index (κ3) is 4.91. The molecule has 3 saturated heterocycles. The summed E-state index contributed by atoms with van der Waals surface area (Å²) in [5, 5.41) is 5.10. The van der Waals surface area contributed by atoms with E-state index in [1.165, 1.54) is 29.2 Å². The zero-order valence-electron chi connectivity index (χ0n) is 16.7. The Morgan fingerprint density at radius 3 is 2.52 bits per heavy atom. The number of carbonyl (C=O) groups excluding carboxylic acids is 2. The fraction of sp³-hybridized carbons (Fsp3) is 0.429. The van der Waals surface area contributed by atoms with E-state index in [0.717, 1.165) is 30.1 Å². The lowest BCUT2D eigenvalue weighted by atomic mass is 9.79. The summed E-state index contributed by atoms with van der Waals surface area (Å²) in [6.45, 7) is 4.32. The van der Waals surface area contributed by atoms with Crippen LogP contribution in [0, 0.1) is 5.92 Å². The second kappa shape index (κ2) is 8.84. The van der Waals surface area contributed by atoms with Gasteiger partial charge in [0, 0.05) is 17.0 Å². The standard InChI is InChI=1S/C21H22F3N3O2S2/c1-12-18(13-8-10-27(12)11-9-13)26-19(28)16-6-7-17(31-16)30-15-5-3-2-4-14(15)25-20(29)21(22,23)24/h2-7,12-13,18H,8-11H2,1H3,(H,25,29)(H,26,28)/t12-,18+/m1/s1. The van der Waals surface area contributed by atoms with E-state index >= 15 is 0 Å². The van der Waals surface area contributed by atoms with Gasteiger partial charge in [0.1, 0.15) is 0 Å². The van der Waals surface area contributed by atoms with Crippen LogP contribution in [0.3, 0.4) is 0 Å². The van der Waals surface area contributed by atoms with Gasteiger partial charge < -0.3 is 10.6 Å². The van der Waals surface area contributed by atoms with Gasteiger partial charge in [-0.3, -0.25) is 14.5 Å². The van der Waals surface area contributed by atoms with Gasteiger partial charge >= 0.3 is 12.1 Å². The molecule has 2 aromatic rings. The molecule has 0 saturated carbocycles. The molecule has 2 amide bonds. The molecule has 2 bridgehead atoms. The largest absolute Gasteiger partial charge is 0.471 e. The lowest BCUT2D eigenvalue weighted by Gasteiger charge is -2.49. The van der Waals surface area contributed by atoms with Gasteiger partial charge in [-0.2, -0.15) is 13.2 Å². The molecule has 1 aromatic carbocycles. The van der Waals surface area contributed by atoms with Crippen molar-refractivity contribution >= 4 is 40.6 Å². The van der Waals surface area contributed by atoms with Crippen molar-refractivity contribution in [2.75, 3.05) is 18.4 Å². The highest BCUT2D eigenvalue weighted by atomic mass is 32.2. The maximum absolute atomic E-state index is 12.8. The molecule has 0 unspecified atom stereocenters. The summed E-state index contributed by atoms with van der Waals surface area (Å²) in [6.07, 6.45) is -2.76. The van der Waals surface area contributed by atoms with E-state index in [1.54, 1.807) is 30.3 Å². The van der Waals surface area contributed by atoms with Crippen LogP contribution in [0.2, 0.25) is 0 Å². The van der Waals surface area contributed by atoms with E-state index in [0.29, 0.717) is 21.7 Å². The van der Waals surface area contributed by atoms with Gasteiger partial charge in [-0.25, -0.2) is 0 Å². The molecule has 2 atom stereocenters. The number of anilines is 1. The Hall–Kier alpha value is -2.04. The Balaban J connectivity index is 1.43. The number of halogens is 3. The molecule has 5 nitrogen and oxygen atoms in total. The number of nitrogens with one attached hydrogen (secondary N) is 2. The first-order valence-electron chi connectivity index (χ1n) is 10.0. The normalized spacial score (nSPS) is 25.3. The smallest absolute Gasteiger partial charge is 0.347 e. The maximum atomic E-state index is 12.8. The molecular formula is C21H22F3N3O2S2. The third-order valence-electron chi connectivity index (χ3n) is 5.88. The molecule has 0 radical (unpaired) electrons. The number of piperidine rings is 3. The zero-order valence-corrected chi connectivity index (χ0v) is 18.4. The first kappa shape index (κ1) is 22.2. The van der Waals surface area contributed by atoms with Crippen LogP contribution >= 0.6 is 23.1 Å². The molecule has 1 aromatic heterocycles. The number of amides is 2. The summed E-state index contributed by atoms with van der Waals surface area (Å²) in [7, 11) is 0. The first-order chi connectivity index (χ1) is 14.7. The van der Waals surface area contributed by atoms with Gasteiger partial charge in [0.05, 0.1) is 14.8 Å². The van der Waals surface area contributed by atoms with Crippen molar-refractivity contribution in [2.45, 2.75) is 47.1 Å². The molecule has 3 fully saturated rings. The average molecular weight is 470 g/mol. The molecule has 4 heterocycles. The monoisotopic (exact) mass is 469 g/mol. The molecule has 10 heteroatoms. The van der Waals surface area contributed by atoms with Crippen LogP contribution in [-0.4, -0.2) is 48.1 Å². The molecule has 0 spiro atoms. The van der Waals surface area contributed by atoms with Gasteiger partial charge in [0.25, 0.3) is 5.91 Å². The van der Waals surface area contributed by atoms with E-state index in [9.17, 15) is 22.8 Å². The van der Waals surface area contributed by atoms with Crippen LogP contribution in [0.1, 0.15) is 29.4 Å². The van der Waals surface area contributed by atoms with Gasteiger partial charge in [-0.1, -0.05) is 23.9 Å². The summed E-state index contributed by atoms with van der Waals surface area (Å²) in [5.74, 6) is -1.64. The number of fused-ring (bicyclic) bond motifs is 3. The number of hydrogen-bond donors (Lipinski definition) is 2. The Kier molecular flexibility index (Phi) is 6.32. The molecule has 0 aliphatic carbocycles. The zero-order chi connectivity index (χ0) is 22.2. The molecular weight excluding hydrogens is 447 g/mol. The molecule has 31 heavy (non-hydrogen) atoms. The Morgan fingerprint density at radius 2 is 1.84 bits per heavy atom. The number of thiophene rings is 1. The number of alkyl halides is 3. The van der Waals surface area contributed by atoms with E-state index in [1.807, 2.05) is 5.32 Å². The van der Waals surface area contributed by atoms with Crippen LogP contribution in [0.5, 0.6) is 0 Å². The van der Waals surface area contributed by atoms with Gasteiger partial charge in [-0.05, 0) is 63.0 Å². The van der Waals surface area contributed by atoms with Crippen LogP contribution in [-0.2, 0) is 4.79 Å². The molecule has 3 aliphatic heterocycles. The fourth-order valence-corrected chi connectivity index (χ4v) is 6.30. The minimum absolute atomic E-state index is 0.0790. The minimum atomic E-state index is -4.96. The van der Waals surface area contributed by atoms with E-state index < -0.39 is 12.1 Å². The van der Waals surface area contributed by atoms with Gasteiger partial charge in [-0.15, -0.1) is 11.3 Å². The SMILES string of the molecule is C[C@@H]1[C@H](NC(=O)c2ccc(Sc3ccccc3NC(=O)C(F)(F)F)s2)C2CCN1CC2. The predicted molar refractivity (Wildman–Crippen MR) is 115 cm³/mol. The molecule has 5 rings (SSSR count). The lowest BCUT2D eigenvalue weighted by Crippen LogP contribution is -2.62.